The molecule has 0 fully saturated rings. The van der Waals surface area contributed by atoms with Gasteiger partial charge in [0.25, 0.3) is 0 Å². The van der Waals surface area contributed by atoms with E-state index in [0.29, 0.717) is 20.2 Å². The van der Waals surface area contributed by atoms with Crippen molar-refractivity contribution >= 4 is 19.2 Å². The third-order valence-corrected chi connectivity index (χ3v) is 5.51. The first-order valence-electron chi connectivity index (χ1n) is 7.93. The first-order valence-corrected chi connectivity index (χ1v) is 8.93. The lowest BCUT2D eigenvalue weighted by molar-refractivity contribution is 0.479. The summed E-state index contributed by atoms with van der Waals surface area (Å²) in [5.74, 6) is 0.804. The van der Waals surface area contributed by atoms with E-state index in [1.54, 1.807) is 0 Å². The molecule has 2 atom stereocenters. The van der Waals surface area contributed by atoms with E-state index in [9.17, 15) is 5.11 Å². The largest absolute Gasteiger partial charge is 0.507 e. The Bertz CT molecular complexity index is 736. The molecular formula is C20H22NOP. The van der Waals surface area contributed by atoms with Crippen molar-refractivity contribution in [2.75, 3.05) is 7.05 Å². The van der Waals surface area contributed by atoms with Crippen LogP contribution in [-0.2, 0) is 6.54 Å². The van der Waals surface area contributed by atoms with Crippen molar-refractivity contribution in [2.45, 2.75) is 18.9 Å². The lowest BCUT2D eigenvalue weighted by Gasteiger charge is -2.16. The summed E-state index contributed by atoms with van der Waals surface area (Å²) in [4.78, 5) is 0. The molecule has 0 aromatic heterocycles. The molecule has 0 saturated heterocycles. The third-order valence-electron chi connectivity index (χ3n) is 4.08. The molecule has 3 rings (SSSR count). The summed E-state index contributed by atoms with van der Waals surface area (Å²) in [6.07, 6.45) is 9.65. The van der Waals surface area contributed by atoms with Crippen LogP contribution in [0.4, 0.5) is 0 Å². The molecule has 1 aliphatic carbocycles. The number of allylic oxidation sites excluding steroid dienone is 4. The minimum Gasteiger partial charge on any atom is -0.507 e. The van der Waals surface area contributed by atoms with Gasteiger partial charge in [-0.3, -0.25) is 0 Å². The van der Waals surface area contributed by atoms with Crippen molar-refractivity contribution in [3.8, 4) is 5.75 Å². The van der Waals surface area contributed by atoms with Gasteiger partial charge in [-0.25, -0.2) is 0 Å². The fraction of sp³-hybridized carbons (Fsp3) is 0.200. The highest BCUT2D eigenvalue weighted by molar-refractivity contribution is 7.55. The highest BCUT2D eigenvalue weighted by Gasteiger charge is 2.12. The molecule has 118 valence electrons. The molecule has 2 unspecified atom stereocenters. The number of nitrogens with one attached hydrogen (secondary N) is 1. The first kappa shape index (κ1) is 16.0. The van der Waals surface area contributed by atoms with Gasteiger partial charge in [0.15, 0.2) is 0 Å². The van der Waals surface area contributed by atoms with Gasteiger partial charge in [-0.2, -0.15) is 0 Å². The fourth-order valence-electron chi connectivity index (χ4n) is 2.84. The highest BCUT2D eigenvalue weighted by Crippen LogP contribution is 2.28. The molecule has 0 bridgehead atoms. The first-order chi connectivity index (χ1) is 11.3. The Hall–Kier alpha value is -1.89. The summed E-state index contributed by atoms with van der Waals surface area (Å²) in [6.45, 7) is 0.847. The molecule has 0 spiro atoms. The van der Waals surface area contributed by atoms with Crippen LogP contribution < -0.4 is 15.9 Å². The van der Waals surface area contributed by atoms with Gasteiger partial charge in [0.05, 0.1) is 0 Å². The number of phenolic OH excluding ortho intramolecular Hbond substituents is 1. The SMILES string of the molecule is CNCc1ccccc1Pc1cc(C2C=CC=CC2)ccc1O. The smallest absolute Gasteiger partial charge is 0.123 e. The van der Waals surface area contributed by atoms with Crippen molar-refractivity contribution in [3.05, 3.63) is 77.9 Å². The molecule has 23 heavy (non-hydrogen) atoms. The average molecular weight is 323 g/mol. The standard InChI is InChI=1S/C20H22NOP/c1-21-14-17-9-5-6-10-19(17)23-20-13-16(11-12-18(20)22)15-7-3-2-4-8-15/h2-7,9-13,15,21-23H,8,14H2,1H3. The Morgan fingerprint density at radius 3 is 2.78 bits per heavy atom. The maximum atomic E-state index is 10.3. The van der Waals surface area contributed by atoms with E-state index in [2.05, 4.69) is 60.0 Å². The van der Waals surface area contributed by atoms with Crippen LogP contribution in [0.2, 0.25) is 0 Å². The second-order valence-corrected chi connectivity index (χ2v) is 7.07. The van der Waals surface area contributed by atoms with Crippen molar-refractivity contribution in [2.24, 2.45) is 0 Å². The van der Waals surface area contributed by atoms with Gasteiger partial charge >= 0.3 is 0 Å². The van der Waals surface area contributed by atoms with E-state index in [0.717, 1.165) is 18.3 Å². The van der Waals surface area contributed by atoms with E-state index in [1.807, 2.05) is 19.2 Å². The topological polar surface area (TPSA) is 32.3 Å². The Kier molecular flexibility index (Phi) is 5.27. The second kappa shape index (κ2) is 7.59. The van der Waals surface area contributed by atoms with Gasteiger partial charge in [-0.05, 0) is 42.0 Å². The summed E-state index contributed by atoms with van der Waals surface area (Å²) in [5.41, 5.74) is 2.57. The average Bonchev–Trinajstić information content (AvgIpc) is 2.59. The van der Waals surface area contributed by atoms with E-state index in [-0.39, 0.29) is 0 Å². The Morgan fingerprint density at radius 1 is 1.13 bits per heavy atom. The molecular weight excluding hydrogens is 301 g/mol. The number of aromatic hydroxyl groups is 1. The van der Waals surface area contributed by atoms with Gasteiger partial charge < -0.3 is 10.4 Å². The molecule has 0 radical (unpaired) electrons. The predicted octanol–water partition coefficient (Wildman–Crippen LogP) is 3.34. The van der Waals surface area contributed by atoms with Crippen molar-refractivity contribution < 1.29 is 5.11 Å². The molecule has 1 aliphatic rings. The van der Waals surface area contributed by atoms with Crippen molar-refractivity contribution in [1.29, 1.82) is 0 Å². The predicted molar refractivity (Wildman–Crippen MR) is 101 cm³/mol. The van der Waals surface area contributed by atoms with Crippen molar-refractivity contribution in [3.63, 3.8) is 0 Å². The lowest BCUT2D eigenvalue weighted by Crippen LogP contribution is -2.15. The number of phenols is 1. The molecule has 2 aromatic carbocycles. The molecule has 2 aromatic rings. The molecule has 3 heteroatoms. The van der Waals surface area contributed by atoms with Gasteiger partial charge in [-0.1, -0.05) is 63.2 Å². The molecule has 0 saturated carbocycles. The Morgan fingerprint density at radius 2 is 2.00 bits per heavy atom. The summed E-state index contributed by atoms with van der Waals surface area (Å²) < 4.78 is 0. The highest BCUT2D eigenvalue weighted by atomic mass is 31.1. The van der Waals surface area contributed by atoms with E-state index in [4.69, 9.17) is 0 Å². The summed E-state index contributed by atoms with van der Waals surface area (Å²) in [6, 6.07) is 14.5. The monoisotopic (exact) mass is 323 g/mol. The van der Waals surface area contributed by atoms with Crippen LogP contribution in [0.1, 0.15) is 23.5 Å². The summed E-state index contributed by atoms with van der Waals surface area (Å²) in [5, 5.41) is 15.8. The van der Waals surface area contributed by atoms with E-state index >= 15 is 0 Å². The number of hydrogen-bond donors (Lipinski definition) is 2. The van der Waals surface area contributed by atoms with Crippen molar-refractivity contribution in [1.82, 2.24) is 5.32 Å². The zero-order valence-corrected chi connectivity index (χ0v) is 14.3. The maximum absolute atomic E-state index is 10.3. The molecule has 0 heterocycles. The minimum absolute atomic E-state index is 0.390. The van der Waals surface area contributed by atoms with Crippen LogP contribution in [-0.4, -0.2) is 12.2 Å². The summed E-state index contributed by atoms with van der Waals surface area (Å²) >= 11 is 0. The van der Waals surface area contributed by atoms with E-state index in [1.165, 1.54) is 16.4 Å². The van der Waals surface area contributed by atoms with Crippen LogP contribution in [0.25, 0.3) is 0 Å². The normalized spacial score (nSPS) is 17.2. The molecule has 0 aliphatic heterocycles. The van der Waals surface area contributed by atoms with Gasteiger partial charge in [0.1, 0.15) is 5.75 Å². The van der Waals surface area contributed by atoms with Crippen LogP contribution in [0.3, 0.4) is 0 Å². The molecule has 2 N–H and O–H groups in total. The molecule has 2 nitrogen and oxygen atoms in total. The van der Waals surface area contributed by atoms with Gasteiger partial charge in [0, 0.05) is 17.8 Å². The van der Waals surface area contributed by atoms with E-state index < -0.39 is 0 Å². The Labute approximate surface area is 139 Å². The van der Waals surface area contributed by atoms with Crippen LogP contribution in [0, 0.1) is 0 Å². The molecule has 0 amide bonds. The Balaban J connectivity index is 1.88. The quantitative estimate of drug-likeness (QED) is 0.827. The lowest BCUT2D eigenvalue weighted by atomic mass is 9.93. The zero-order chi connectivity index (χ0) is 16.1. The maximum Gasteiger partial charge on any atom is 0.123 e. The van der Waals surface area contributed by atoms with Crippen LogP contribution in [0.15, 0.2) is 66.8 Å². The number of hydrogen-bond acceptors (Lipinski definition) is 2. The van der Waals surface area contributed by atoms with Gasteiger partial charge in [0.2, 0.25) is 0 Å². The second-order valence-electron chi connectivity index (χ2n) is 5.74. The minimum atomic E-state index is 0.390. The van der Waals surface area contributed by atoms with Gasteiger partial charge in [-0.15, -0.1) is 0 Å². The third kappa shape index (κ3) is 3.90. The summed E-state index contributed by atoms with van der Waals surface area (Å²) in [7, 11) is 2.42. The van der Waals surface area contributed by atoms with Crippen LogP contribution in [0.5, 0.6) is 5.75 Å². The van der Waals surface area contributed by atoms with Crippen LogP contribution >= 0.6 is 8.58 Å². The number of benzene rings is 2. The number of rotatable bonds is 5. The fourth-order valence-corrected chi connectivity index (χ4v) is 4.10. The zero-order valence-electron chi connectivity index (χ0n) is 13.3.